The Morgan fingerprint density at radius 2 is 2.33 bits per heavy atom. The van der Waals surface area contributed by atoms with Crippen molar-refractivity contribution in [1.29, 1.82) is 0 Å². The monoisotopic (exact) mass is 267 g/mol. The van der Waals surface area contributed by atoms with E-state index in [9.17, 15) is 14.9 Å². The van der Waals surface area contributed by atoms with Gasteiger partial charge in [0, 0.05) is 19.0 Å². The molecule has 0 spiro atoms. The molecule has 0 saturated carbocycles. The summed E-state index contributed by atoms with van der Waals surface area (Å²) in [5, 5.41) is 10.7. The number of anilines is 1. The number of carbonyl (C=O) groups is 1. The zero-order valence-corrected chi connectivity index (χ0v) is 10.8. The summed E-state index contributed by atoms with van der Waals surface area (Å²) in [5.74, 6) is 1.34. The van der Waals surface area contributed by atoms with Gasteiger partial charge in [0.1, 0.15) is 11.5 Å². The van der Waals surface area contributed by atoms with Crippen molar-refractivity contribution in [2.24, 2.45) is 5.92 Å². The van der Waals surface area contributed by atoms with Crippen molar-refractivity contribution in [3.05, 3.63) is 27.9 Å². The van der Waals surface area contributed by atoms with E-state index in [1.807, 2.05) is 0 Å². The summed E-state index contributed by atoms with van der Waals surface area (Å²) >= 11 is 4.18. The van der Waals surface area contributed by atoms with Crippen molar-refractivity contribution in [1.82, 2.24) is 4.98 Å². The number of nitrogens with zero attached hydrogens (tertiary/aromatic N) is 3. The molecule has 1 fully saturated rings. The molecule has 1 amide bonds. The molecule has 0 aliphatic carbocycles. The maximum atomic E-state index is 11.8. The van der Waals surface area contributed by atoms with E-state index in [1.165, 1.54) is 12.1 Å². The van der Waals surface area contributed by atoms with Crippen LogP contribution in [0.25, 0.3) is 0 Å². The van der Waals surface area contributed by atoms with E-state index in [4.69, 9.17) is 0 Å². The lowest BCUT2D eigenvalue weighted by Gasteiger charge is -2.15. The van der Waals surface area contributed by atoms with E-state index in [2.05, 4.69) is 17.6 Å². The van der Waals surface area contributed by atoms with Crippen LogP contribution in [-0.2, 0) is 4.79 Å². The number of carbonyl (C=O) groups excluding carboxylic acids is 1. The largest absolute Gasteiger partial charge is 0.296 e. The minimum Gasteiger partial charge on any atom is -0.296 e. The normalized spacial score (nSPS) is 19.3. The highest BCUT2D eigenvalue weighted by atomic mass is 32.1. The average Bonchev–Trinajstić information content (AvgIpc) is 2.70. The van der Waals surface area contributed by atoms with Gasteiger partial charge in [0.25, 0.3) is 5.69 Å². The van der Waals surface area contributed by atoms with E-state index in [-0.39, 0.29) is 17.5 Å². The Bertz CT molecular complexity index is 506. The van der Waals surface area contributed by atoms with Crippen molar-refractivity contribution >= 4 is 30.0 Å². The van der Waals surface area contributed by atoms with E-state index >= 15 is 0 Å². The standard InChI is InChI=1S/C11H13N3O3S/c1-7-9(14(16)17)2-3-10(12-7)13-5-8(6-18)4-11(13)15/h2-3,8,18H,4-6H2,1H3. The second kappa shape index (κ2) is 4.93. The predicted octanol–water partition coefficient (Wildman–Crippen LogP) is 1.58. The van der Waals surface area contributed by atoms with Crippen LogP contribution in [0.3, 0.4) is 0 Å². The van der Waals surface area contributed by atoms with E-state index in [0.29, 0.717) is 30.2 Å². The van der Waals surface area contributed by atoms with Crippen LogP contribution in [0.2, 0.25) is 0 Å². The van der Waals surface area contributed by atoms with Crippen LogP contribution in [-0.4, -0.2) is 28.1 Å². The molecule has 1 aliphatic heterocycles. The summed E-state index contributed by atoms with van der Waals surface area (Å²) in [4.78, 5) is 27.7. The van der Waals surface area contributed by atoms with Gasteiger partial charge in [-0.2, -0.15) is 12.6 Å². The number of aryl methyl sites for hydroxylation is 1. The lowest BCUT2D eigenvalue weighted by molar-refractivity contribution is -0.385. The van der Waals surface area contributed by atoms with Crippen LogP contribution in [0, 0.1) is 23.0 Å². The highest BCUT2D eigenvalue weighted by Gasteiger charge is 2.31. The Labute approximate surface area is 110 Å². The van der Waals surface area contributed by atoms with Gasteiger partial charge in [-0.1, -0.05) is 0 Å². The minimum absolute atomic E-state index is 0.00481. The van der Waals surface area contributed by atoms with Gasteiger partial charge in [0.2, 0.25) is 5.91 Å². The van der Waals surface area contributed by atoms with Gasteiger partial charge in [0.05, 0.1) is 4.92 Å². The van der Waals surface area contributed by atoms with Gasteiger partial charge in [-0.15, -0.1) is 0 Å². The molecule has 0 radical (unpaired) electrons. The molecule has 18 heavy (non-hydrogen) atoms. The van der Waals surface area contributed by atoms with Crippen LogP contribution in [0.15, 0.2) is 12.1 Å². The first kappa shape index (κ1) is 12.8. The topological polar surface area (TPSA) is 76.3 Å². The van der Waals surface area contributed by atoms with Crippen molar-refractivity contribution in [2.45, 2.75) is 13.3 Å². The molecular formula is C11H13N3O3S. The fourth-order valence-corrected chi connectivity index (χ4v) is 2.25. The van der Waals surface area contributed by atoms with Gasteiger partial charge in [-0.05, 0) is 24.7 Å². The number of aromatic nitrogens is 1. The third kappa shape index (κ3) is 2.31. The van der Waals surface area contributed by atoms with Crippen LogP contribution in [0.1, 0.15) is 12.1 Å². The van der Waals surface area contributed by atoms with E-state index in [1.54, 1.807) is 11.8 Å². The number of hydrogen-bond donors (Lipinski definition) is 1. The molecule has 1 atom stereocenters. The highest BCUT2D eigenvalue weighted by Crippen LogP contribution is 2.26. The van der Waals surface area contributed by atoms with Crippen molar-refractivity contribution in [3.63, 3.8) is 0 Å². The summed E-state index contributed by atoms with van der Waals surface area (Å²) in [6.45, 7) is 2.14. The fraction of sp³-hybridized carbons (Fsp3) is 0.455. The summed E-state index contributed by atoms with van der Waals surface area (Å²) in [7, 11) is 0. The third-order valence-electron chi connectivity index (χ3n) is 2.98. The molecule has 7 heteroatoms. The van der Waals surface area contributed by atoms with Gasteiger partial charge in [-0.25, -0.2) is 4.98 Å². The quantitative estimate of drug-likeness (QED) is 0.512. The van der Waals surface area contributed by atoms with Gasteiger partial charge >= 0.3 is 0 Å². The molecule has 2 rings (SSSR count). The van der Waals surface area contributed by atoms with Gasteiger partial charge < -0.3 is 0 Å². The second-order valence-electron chi connectivity index (χ2n) is 4.29. The molecule has 2 heterocycles. The number of nitro groups is 1. The van der Waals surface area contributed by atoms with Crippen LogP contribution in [0.4, 0.5) is 11.5 Å². The molecule has 0 bridgehead atoms. The van der Waals surface area contributed by atoms with Gasteiger partial charge in [0.15, 0.2) is 0 Å². The molecule has 1 aliphatic rings. The summed E-state index contributed by atoms with van der Waals surface area (Å²) in [6, 6.07) is 2.91. The molecule has 6 nitrogen and oxygen atoms in total. The summed E-state index contributed by atoms with van der Waals surface area (Å²) < 4.78 is 0. The molecule has 1 aromatic heterocycles. The number of rotatable bonds is 3. The van der Waals surface area contributed by atoms with Crippen LogP contribution in [0.5, 0.6) is 0 Å². The number of hydrogen-bond acceptors (Lipinski definition) is 5. The first-order chi connectivity index (χ1) is 8.52. The number of pyridine rings is 1. The molecule has 1 aromatic rings. The predicted molar refractivity (Wildman–Crippen MR) is 69.9 cm³/mol. The van der Waals surface area contributed by atoms with E-state index in [0.717, 1.165) is 0 Å². The second-order valence-corrected chi connectivity index (χ2v) is 4.65. The lowest BCUT2D eigenvalue weighted by Crippen LogP contribution is -2.25. The Kier molecular flexibility index (Phi) is 3.51. The number of thiol groups is 1. The Balaban J connectivity index is 2.27. The molecule has 0 N–H and O–H groups in total. The highest BCUT2D eigenvalue weighted by molar-refractivity contribution is 7.80. The van der Waals surface area contributed by atoms with Crippen molar-refractivity contribution < 1.29 is 9.72 Å². The van der Waals surface area contributed by atoms with Crippen molar-refractivity contribution in [2.75, 3.05) is 17.2 Å². The smallest absolute Gasteiger partial charge is 0.290 e. The number of amides is 1. The summed E-state index contributed by atoms with van der Waals surface area (Å²) in [5.41, 5.74) is 0.288. The zero-order chi connectivity index (χ0) is 13.3. The summed E-state index contributed by atoms with van der Waals surface area (Å²) in [6.07, 6.45) is 0.460. The molecule has 1 unspecified atom stereocenters. The van der Waals surface area contributed by atoms with E-state index < -0.39 is 4.92 Å². The minimum atomic E-state index is -0.478. The maximum Gasteiger partial charge on any atom is 0.290 e. The molecule has 96 valence electrons. The third-order valence-corrected chi connectivity index (χ3v) is 3.50. The molecular weight excluding hydrogens is 254 g/mol. The SMILES string of the molecule is Cc1nc(N2CC(CS)CC2=O)ccc1[N+](=O)[O-]. The average molecular weight is 267 g/mol. The Morgan fingerprint density at radius 3 is 2.83 bits per heavy atom. The van der Waals surface area contributed by atoms with Gasteiger partial charge in [-0.3, -0.25) is 19.8 Å². The lowest BCUT2D eigenvalue weighted by atomic mass is 10.1. The van der Waals surface area contributed by atoms with Crippen molar-refractivity contribution in [3.8, 4) is 0 Å². The fourth-order valence-electron chi connectivity index (χ4n) is 2.01. The Morgan fingerprint density at radius 1 is 1.61 bits per heavy atom. The van der Waals surface area contributed by atoms with Crippen LogP contribution < -0.4 is 4.90 Å². The Hall–Kier alpha value is -1.63. The first-order valence-corrected chi connectivity index (χ1v) is 6.19. The molecule has 1 saturated heterocycles. The molecule has 0 aromatic carbocycles. The van der Waals surface area contributed by atoms with Crippen LogP contribution >= 0.6 is 12.6 Å². The maximum absolute atomic E-state index is 11.8. The zero-order valence-electron chi connectivity index (χ0n) is 9.87. The first-order valence-electron chi connectivity index (χ1n) is 5.56.